The number of carbonyl (C=O) groups is 3. The summed E-state index contributed by atoms with van der Waals surface area (Å²) in [6.45, 7) is 4.68. The highest BCUT2D eigenvalue weighted by molar-refractivity contribution is 8.01. The van der Waals surface area contributed by atoms with Crippen LogP contribution in [0.15, 0.2) is 84.5 Å². The molecule has 38 heavy (non-hydrogen) atoms. The first kappa shape index (κ1) is 24.2. The molecule has 0 radical (unpaired) electrons. The molecule has 2 N–H and O–H groups in total. The summed E-state index contributed by atoms with van der Waals surface area (Å²) < 4.78 is 0. The topological polar surface area (TPSA) is 94.6 Å². The molecular weight excluding hydrogens is 498 g/mol. The van der Waals surface area contributed by atoms with Gasteiger partial charge in [-0.2, -0.15) is 0 Å². The van der Waals surface area contributed by atoms with Crippen molar-refractivity contribution in [3.05, 3.63) is 85.1 Å². The monoisotopic (exact) mass is 525 g/mol. The van der Waals surface area contributed by atoms with Crippen LogP contribution in [-0.4, -0.2) is 52.1 Å². The van der Waals surface area contributed by atoms with Crippen LogP contribution in [0.4, 0.5) is 16.2 Å². The number of hydrogen-bond donors (Lipinski definition) is 2. The average Bonchev–Trinajstić information content (AvgIpc) is 3.33. The number of amides is 4. The van der Waals surface area contributed by atoms with Gasteiger partial charge in [0.1, 0.15) is 10.3 Å². The number of carbonyl (C=O) groups excluding carboxylic acids is 3. The van der Waals surface area contributed by atoms with E-state index < -0.39 is 11.3 Å². The Hall–Kier alpha value is -4.11. The van der Waals surface area contributed by atoms with Crippen LogP contribution in [0.1, 0.15) is 24.4 Å². The lowest BCUT2D eigenvalue weighted by molar-refractivity contribution is -0.129. The van der Waals surface area contributed by atoms with Gasteiger partial charge in [-0.15, -0.1) is 0 Å². The number of likely N-dealkylation sites (tertiary alicyclic amines) is 1. The fourth-order valence-corrected chi connectivity index (χ4v) is 6.66. The highest BCUT2D eigenvalue weighted by Gasteiger charge is 2.47. The number of hydrogen-bond acceptors (Lipinski definition) is 5. The van der Waals surface area contributed by atoms with Gasteiger partial charge in [-0.05, 0) is 48.2 Å². The number of nitrogens with zero attached hydrogens (tertiary/aromatic N) is 3. The zero-order valence-electron chi connectivity index (χ0n) is 20.7. The van der Waals surface area contributed by atoms with Crippen molar-refractivity contribution in [3.63, 3.8) is 0 Å². The number of nitrogens with one attached hydrogen (secondary N) is 2. The predicted octanol–water partition coefficient (Wildman–Crippen LogP) is 4.42. The molecular formula is C29H27N5O3S. The maximum atomic E-state index is 13.4. The van der Waals surface area contributed by atoms with E-state index in [9.17, 15) is 14.4 Å². The lowest BCUT2D eigenvalue weighted by Crippen LogP contribution is -2.53. The number of anilines is 2. The number of pyridine rings is 1. The Bertz CT molecular complexity index is 1410. The normalized spacial score (nSPS) is 21.9. The van der Waals surface area contributed by atoms with Crippen LogP contribution in [0, 0.1) is 0 Å². The van der Waals surface area contributed by atoms with Crippen molar-refractivity contribution in [2.45, 2.75) is 35.2 Å². The number of rotatable bonds is 5. The quantitative estimate of drug-likeness (QED) is 0.481. The van der Waals surface area contributed by atoms with Crippen LogP contribution < -0.4 is 15.5 Å². The molecule has 2 unspecified atom stereocenters. The summed E-state index contributed by atoms with van der Waals surface area (Å²) in [5.41, 5.74) is 4.50. The second-order valence-electron chi connectivity index (χ2n) is 9.60. The average molecular weight is 526 g/mol. The molecule has 4 heterocycles. The number of aromatic nitrogens is 1. The molecule has 1 aromatic heterocycles. The summed E-state index contributed by atoms with van der Waals surface area (Å²) in [4.78, 5) is 46.8. The molecule has 0 aliphatic carbocycles. The maximum Gasteiger partial charge on any atom is 0.327 e. The molecule has 0 bridgehead atoms. The van der Waals surface area contributed by atoms with Gasteiger partial charge in [0.2, 0.25) is 11.8 Å². The third kappa shape index (κ3) is 4.32. The van der Waals surface area contributed by atoms with Gasteiger partial charge in [-0.3, -0.25) is 14.5 Å². The molecule has 3 atom stereocenters. The van der Waals surface area contributed by atoms with E-state index in [0.29, 0.717) is 13.1 Å². The lowest BCUT2D eigenvalue weighted by Gasteiger charge is -2.35. The molecule has 192 valence electrons. The number of benzene rings is 2. The zero-order valence-corrected chi connectivity index (χ0v) is 21.5. The van der Waals surface area contributed by atoms with Crippen molar-refractivity contribution in [1.29, 1.82) is 0 Å². The third-order valence-corrected chi connectivity index (χ3v) is 8.54. The molecule has 3 aliphatic rings. The van der Waals surface area contributed by atoms with Crippen molar-refractivity contribution in [2.75, 3.05) is 18.0 Å². The number of thioether (sulfide) groups is 1. The van der Waals surface area contributed by atoms with Crippen LogP contribution in [0.5, 0.6) is 0 Å². The summed E-state index contributed by atoms with van der Waals surface area (Å²) >= 11 is 1.37. The first-order chi connectivity index (χ1) is 18.5. The van der Waals surface area contributed by atoms with E-state index in [1.807, 2.05) is 60.7 Å². The molecule has 4 amide bonds. The SMILES string of the molecule is C=CC(=O)N1CCCC(NC(=O)[C@@H]2Sc3nccc4c3C2NC(=O)N4c2ccc(-c3ccccc3)cc2)C1. The summed E-state index contributed by atoms with van der Waals surface area (Å²) in [6.07, 6.45) is 4.60. The molecule has 8 nitrogen and oxygen atoms in total. The number of urea groups is 1. The van der Waals surface area contributed by atoms with E-state index >= 15 is 0 Å². The van der Waals surface area contributed by atoms with Gasteiger partial charge in [-0.25, -0.2) is 9.78 Å². The Morgan fingerprint density at radius 2 is 1.84 bits per heavy atom. The van der Waals surface area contributed by atoms with Gasteiger partial charge in [0.25, 0.3) is 0 Å². The highest BCUT2D eigenvalue weighted by Crippen LogP contribution is 2.50. The van der Waals surface area contributed by atoms with E-state index in [1.165, 1.54) is 17.8 Å². The first-order valence-electron chi connectivity index (χ1n) is 12.7. The number of piperidine rings is 1. The lowest BCUT2D eigenvalue weighted by atomic mass is 9.98. The minimum Gasteiger partial charge on any atom is -0.351 e. The van der Waals surface area contributed by atoms with Crippen molar-refractivity contribution in [1.82, 2.24) is 20.5 Å². The Balaban J connectivity index is 1.23. The summed E-state index contributed by atoms with van der Waals surface area (Å²) in [5, 5.41) is 6.37. The summed E-state index contributed by atoms with van der Waals surface area (Å²) in [6, 6.07) is 18.9. The van der Waals surface area contributed by atoms with Crippen LogP contribution in [0.3, 0.4) is 0 Å². The van der Waals surface area contributed by atoms with Crippen LogP contribution in [0.2, 0.25) is 0 Å². The molecule has 9 heteroatoms. The molecule has 2 aromatic carbocycles. The predicted molar refractivity (Wildman–Crippen MR) is 147 cm³/mol. The Labute approximate surface area is 225 Å². The first-order valence-corrected chi connectivity index (χ1v) is 13.5. The largest absolute Gasteiger partial charge is 0.351 e. The summed E-state index contributed by atoms with van der Waals surface area (Å²) in [7, 11) is 0. The fraction of sp³-hybridized carbons (Fsp3) is 0.241. The fourth-order valence-electron chi connectivity index (χ4n) is 5.42. The standard InChI is InChI=1S/C29H27N5O3S/c1-2-23(35)33-16-6-9-20(17-33)31-27(36)26-25-24-22(14-15-30-28(24)38-26)34(29(37)32-25)21-12-10-19(11-13-21)18-7-4-3-5-8-18/h2-5,7-8,10-15,20,25-26H,1,6,9,16-17H2,(H,31,36)(H,32,37)/t20?,25?,26-/m1/s1. The Morgan fingerprint density at radius 3 is 2.61 bits per heavy atom. The third-order valence-electron chi connectivity index (χ3n) is 7.25. The van der Waals surface area contributed by atoms with Gasteiger partial charge < -0.3 is 15.5 Å². The van der Waals surface area contributed by atoms with Crippen molar-refractivity contribution in [3.8, 4) is 11.1 Å². The van der Waals surface area contributed by atoms with Crippen molar-refractivity contribution < 1.29 is 14.4 Å². The molecule has 1 saturated heterocycles. The smallest absolute Gasteiger partial charge is 0.327 e. The zero-order chi connectivity index (χ0) is 26.2. The van der Waals surface area contributed by atoms with E-state index in [4.69, 9.17) is 0 Å². The van der Waals surface area contributed by atoms with E-state index in [-0.39, 0.29) is 23.9 Å². The highest BCUT2D eigenvalue weighted by atomic mass is 32.2. The molecule has 3 aromatic rings. The minimum absolute atomic E-state index is 0.128. The van der Waals surface area contributed by atoms with Crippen LogP contribution in [0.25, 0.3) is 11.1 Å². The van der Waals surface area contributed by atoms with Gasteiger partial charge >= 0.3 is 6.03 Å². The van der Waals surface area contributed by atoms with Gasteiger partial charge in [0, 0.05) is 30.9 Å². The second kappa shape index (κ2) is 9.98. The molecule has 3 aliphatic heterocycles. The van der Waals surface area contributed by atoms with Gasteiger partial charge in [-0.1, -0.05) is 60.8 Å². The minimum atomic E-state index is -0.546. The second-order valence-corrected chi connectivity index (χ2v) is 10.7. The van der Waals surface area contributed by atoms with E-state index in [1.54, 1.807) is 16.0 Å². The van der Waals surface area contributed by atoms with Crippen molar-refractivity contribution >= 4 is 41.0 Å². The van der Waals surface area contributed by atoms with Crippen LogP contribution in [-0.2, 0) is 9.59 Å². The molecule has 0 spiro atoms. The Morgan fingerprint density at radius 1 is 1.08 bits per heavy atom. The van der Waals surface area contributed by atoms with Gasteiger partial charge in [0.15, 0.2) is 0 Å². The summed E-state index contributed by atoms with van der Waals surface area (Å²) in [5.74, 6) is -0.292. The molecule has 6 rings (SSSR count). The van der Waals surface area contributed by atoms with E-state index in [2.05, 4.69) is 22.2 Å². The maximum absolute atomic E-state index is 13.4. The molecule has 1 fully saturated rings. The van der Waals surface area contributed by atoms with Crippen LogP contribution >= 0.6 is 11.8 Å². The van der Waals surface area contributed by atoms with E-state index in [0.717, 1.165) is 45.9 Å². The van der Waals surface area contributed by atoms with Gasteiger partial charge in [0.05, 0.1) is 17.4 Å². The van der Waals surface area contributed by atoms with Crippen molar-refractivity contribution in [2.24, 2.45) is 0 Å². The molecule has 0 saturated carbocycles. The Kier molecular flexibility index (Phi) is 6.37.